The van der Waals surface area contributed by atoms with Gasteiger partial charge in [0.15, 0.2) is 5.54 Å². The number of hydrogen-bond donors (Lipinski definition) is 1. The molecule has 0 saturated heterocycles. The Balaban J connectivity index is 3.03. The van der Waals surface area contributed by atoms with Crippen molar-refractivity contribution in [1.82, 2.24) is 0 Å². The molecule has 0 aliphatic rings. The molecule has 0 aromatic heterocycles. The number of methoxy groups -OCH3 is 1. The van der Waals surface area contributed by atoms with Crippen LogP contribution in [0.5, 0.6) is 0 Å². The first-order valence-electron chi connectivity index (χ1n) is 5.79. The monoisotopic (exact) mass is 232 g/mol. The number of nitrogens with one attached hydrogen (secondary N) is 1. The van der Waals surface area contributed by atoms with Gasteiger partial charge in [0, 0.05) is 12.8 Å². The number of hydrogen-bond acceptors (Lipinski definition) is 3. The molecule has 0 bridgehead atoms. The standard InChI is InChI=1S/C14H20N2O/c1-11(2)14(9-15,10-17-4)16-13-8-6-5-7-12(13)3/h5-8,11,16H,10H2,1-4H3. The second-order valence-electron chi connectivity index (χ2n) is 4.61. The van der Waals surface area contributed by atoms with E-state index in [-0.39, 0.29) is 5.92 Å². The molecule has 0 spiro atoms. The summed E-state index contributed by atoms with van der Waals surface area (Å²) in [6.07, 6.45) is 0. The van der Waals surface area contributed by atoms with E-state index in [9.17, 15) is 5.26 Å². The molecule has 3 nitrogen and oxygen atoms in total. The van der Waals surface area contributed by atoms with E-state index < -0.39 is 5.54 Å². The minimum Gasteiger partial charge on any atom is -0.381 e. The third-order valence-corrected chi connectivity index (χ3v) is 3.06. The van der Waals surface area contributed by atoms with Crippen LogP contribution in [0.4, 0.5) is 5.69 Å². The molecule has 92 valence electrons. The van der Waals surface area contributed by atoms with E-state index in [1.807, 2.05) is 45.0 Å². The summed E-state index contributed by atoms with van der Waals surface area (Å²) in [4.78, 5) is 0. The minimum absolute atomic E-state index is 0.159. The van der Waals surface area contributed by atoms with Crippen LogP contribution in [0.3, 0.4) is 0 Å². The van der Waals surface area contributed by atoms with E-state index in [1.165, 1.54) is 0 Å². The van der Waals surface area contributed by atoms with Gasteiger partial charge in [-0.3, -0.25) is 0 Å². The summed E-state index contributed by atoms with van der Waals surface area (Å²) in [7, 11) is 1.62. The quantitative estimate of drug-likeness (QED) is 0.848. The van der Waals surface area contributed by atoms with Crippen LogP contribution in [0, 0.1) is 24.2 Å². The lowest BCUT2D eigenvalue weighted by Crippen LogP contribution is -2.46. The topological polar surface area (TPSA) is 45.0 Å². The molecule has 0 amide bonds. The molecular formula is C14H20N2O. The maximum atomic E-state index is 9.44. The summed E-state index contributed by atoms with van der Waals surface area (Å²) in [5, 5.41) is 12.8. The first-order valence-corrected chi connectivity index (χ1v) is 5.79. The van der Waals surface area contributed by atoms with E-state index in [0.717, 1.165) is 11.3 Å². The lowest BCUT2D eigenvalue weighted by Gasteiger charge is -2.32. The Morgan fingerprint density at radius 1 is 1.41 bits per heavy atom. The Labute approximate surface area is 103 Å². The van der Waals surface area contributed by atoms with Gasteiger partial charge in [-0.1, -0.05) is 32.0 Å². The van der Waals surface area contributed by atoms with Gasteiger partial charge in [-0.05, 0) is 24.5 Å². The van der Waals surface area contributed by atoms with Gasteiger partial charge in [0.25, 0.3) is 0 Å². The van der Waals surface area contributed by atoms with Gasteiger partial charge in [-0.25, -0.2) is 0 Å². The minimum atomic E-state index is -0.680. The van der Waals surface area contributed by atoms with Gasteiger partial charge in [-0.2, -0.15) is 5.26 Å². The molecule has 3 heteroatoms. The maximum Gasteiger partial charge on any atom is 0.151 e. The van der Waals surface area contributed by atoms with E-state index in [0.29, 0.717) is 6.61 Å². The summed E-state index contributed by atoms with van der Waals surface area (Å²) in [6, 6.07) is 10.3. The van der Waals surface area contributed by atoms with Gasteiger partial charge < -0.3 is 10.1 Å². The van der Waals surface area contributed by atoms with Crippen molar-refractivity contribution in [3.05, 3.63) is 29.8 Å². The number of para-hydroxylation sites is 1. The zero-order chi connectivity index (χ0) is 12.9. The molecule has 0 radical (unpaired) electrons. The largest absolute Gasteiger partial charge is 0.381 e. The van der Waals surface area contributed by atoms with Crippen LogP contribution < -0.4 is 5.32 Å². The third kappa shape index (κ3) is 2.98. The third-order valence-electron chi connectivity index (χ3n) is 3.06. The van der Waals surface area contributed by atoms with Crippen molar-refractivity contribution in [1.29, 1.82) is 5.26 Å². The van der Waals surface area contributed by atoms with Crippen LogP contribution in [0.15, 0.2) is 24.3 Å². The predicted octanol–water partition coefficient (Wildman–Crippen LogP) is 2.97. The van der Waals surface area contributed by atoms with Crippen molar-refractivity contribution in [2.75, 3.05) is 19.0 Å². The summed E-state index contributed by atoms with van der Waals surface area (Å²) in [6.45, 7) is 6.44. The lowest BCUT2D eigenvalue weighted by atomic mass is 9.88. The Hall–Kier alpha value is -1.53. The summed E-state index contributed by atoms with van der Waals surface area (Å²) in [5.74, 6) is 0.159. The number of aryl methyl sites for hydroxylation is 1. The summed E-state index contributed by atoms with van der Waals surface area (Å²) < 4.78 is 5.19. The lowest BCUT2D eigenvalue weighted by molar-refractivity contribution is 0.144. The molecule has 0 fully saturated rings. The van der Waals surface area contributed by atoms with Crippen molar-refractivity contribution in [2.24, 2.45) is 5.92 Å². The normalized spacial score (nSPS) is 14.1. The fraction of sp³-hybridized carbons (Fsp3) is 0.500. The molecule has 0 aliphatic heterocycles. The van der Waals surface area contributed by atoms with Gasteiger partial charge in [0.2, 0.25) is 0 Å². The van der Waals surface area contributed by atoms with E-state index in [4.69, 9.17) is 4.74 Å². The molecule has 1 atom stereocenters. The average molecular weight is 232 g/mol. The molecule has 17 heavy (non-hydrogen) atoms. The van der Waals surface area contributed by atoms with Crippen molar-refractivity contribution in [3.8, 4) is 6.07 Å². The van der Waals surface area contributed by atoms with Crippen LogP contribution in [-0.2, 0) is 4.74 Å². The molecule has 0 heterocycles. The van der Waals surface area contributed by atoms with Gasteiger partial charge in [-0.15, -0.1) is 0 Å². The molecule has 1 rings (SSSR count). The van der Waals surface area contributed by atoms with Crippen LogP contribution in [-0.4, -0.2) is 19.3 Å². The SMILES string of the molecule is COCC(C#N)(Nc1ccccc1C)C(C)C. The predicted molar refractivity (Wildman–Crippen MR) is 69.9 cm³/mol. The summed E-state index contributed by atoms with van der Waals surface area (Å²) in [5.41, 5.74) is 1.43. The number of rotatable bonds is 5. The number of nitriles is 1. The molecule has 1 N–H and O–H groups in total. The number of nitrogens with zero attached hydrogens (tertiary/aromatic N) is 1. The fourth-order valence-electron chi connectivity index (χ4n) is 1.72. The van der Waals surface area contributed by atoms with Crippen molar-refractivity contribution >= 4 is 5.69 Å². The fourth-order valence-corrected chi connectivity index (χ4v) is 1.72. The van der Waals surface area contributed by atoms with E-state index in [2.05, 4.69) is 11.4 Å². The highest BCUT2D eigenvalue weighted by atomic mass is 16.5. The van der Waals surface area contributed by atoms with E-state index in [1.54, 1.807) is 7.11 Å². The Bertz CT molecular complexity index is 409. The van der Waals surface area contributed by atoms with Gasteiger partial charge >= 0.3 is 0 Å². The number of ether oxygens (including phenoxy) is 1. The zero-order valence-corrected chi connectivity index (χ0v) is 10.9. The zero-order valence-electron chi connectivity index (χ0n) is 10.9. The van der Waals surface area contributed by atoms with Gasteiger partial charge in [0.1, 0.15) is 0 Å². The van der Waals surface area contributed by atoms with Crippen molar-refractivity contribution in [3.63, 3.8) is 0 Å². The maximum absolute atomic E-state index is 9.44. The molecule has 0 saturated carbocycles. The smallest absolute Gasteiger partial charge is 0.151 e. The highest BCUT2D eigenvalue weighted by Crippen LogP contribution is 2.25. The molecule has 1 aromatic rings. The van der Waals surface area contributed by atoms with Crippen LogP contribution in [0.1, 0.15) is 19.4 Å². The second kappa shape index (κ2) is 5.70. The second-order valence-corrected chi connectivity index (χ2v) is 4.61. The Kier molecular flexibility index (Phi) is 4.53. The first-order chi connectivity index (χ1) is 8.05. The van der Waals surface area contributed by atoms with Crippen LogP contribution >= 0.6 is 0 Å². The van der Waals surface area contributed by atoms with Crippen molar-refractivity contribution in [2.45, 2.75) is 26.3 Å². The molecule has 0 aliphatic carbocycles. The Morgan fingerprint density at radius 2 is 2.06 bits per heavy atom. The first kappa shape index (κ1) is 13.5. The highest BCUT2D eigenvalue weighted by molar-refractivity contribution is 5.54. The van der Waals surface area contributed by atoms with Gasteiger partial charge in [0.05, 0.1) is 12.7 Å². The highest BCUT2D eigenvalue weighted by Gasteiger charge is 2.34. The number of anilines is 1. The molecular weight excluding hydrogens is 212 g/mol. The molecule has 1 aromatic carbocycles. The van der Waals surface area contributed by atoms with Crippen molar-refractivity contribution < 1.29 is 4.74 Å². The number of benzene rings is 1. The van der Waals surface area contributed by atoms with Crippen LogP contribution in [0.25, 0.3) is 0 Å². The average Bonchev–Trinajstić information content (AvgIpc) is 2.31. The van der Waals surface area contributed by atoms with Crippen LogP contribution in [0.2, 0.25) is 0 Å². The Morgan fingerprint density at radius 3 is 2.53 bits per heavy atom. The summed E-state index contributed by atoms with van der Waals surface area (Å²) >= 11 is 0. The molecule has 1 unspecified atom stereocenters. The van der Waals surface area contributed by atoms with E-state index >= 15 is 0 Å².